The van der Waals surface area contributed by atoms with E-state index in [4.69, 9.17) is 4.74 Å². The molecule has 1 aliphatic rings. The molecule has 1 N–H and O–H groups in total. The minimum Gasteiger partial charge on any atom is -0.493 e. The van der Waals surface area contributed by atoms with Gasteiger partial charge in [0.05, 0.1) is 12.7 Å². The molecule has 2 nitrogen and oxygen atoms in total. The first-order valence-electron chi connectivity index (χ1n) is 4.85. The summed E-state index contributed by atoms with van der Waals surface area (Å²) in [7, 11) is 0. The second kappa shape index (κ2) is 3.84. The average molecular weight is 190 g/mol. The third-order valence-electron chi connectivity index (χ3n) is 2.47. The van der Waals surface area contributed by atoms with Crippen LogP contribution in [0.1, 0.15) is 11.1 Å². The molecule has 1 aromatic rings. The lowest BCUT2D eigenvalue weighted by molar-refractivity contribution is 0.224. The Balaban J connectivity index is 2.16. The van der Waals surface area contributed by atoms with Gasteiger partial charge in [0.2, 0.25) is 0 Å². The molecule has 1 aromatic carbocycles. The van der Waals surface area contributed by atoms with Crippen LogP contribution >= 0.6 is 0 Å². The summed E-state index contributed by atoms with van der Waals surface area (Å²) in [5.74, 6) is 0.988. The predicted octanol–water partition coefficient (Wildman–Crippen LogP) is 1.71. The molecule has 1 atom stereocenters. The van der Waals surface area contributed by atoms with Gasteiger partial charge in [0.25, 0.3) is 0 Å². The van der Waals surface area contributed by atoms with Crippen LogP contribution in [-0.4, -0.2) is 17.8 Å². The van der Waals surface area contributed by atoms with Crippen molar-refractivity contribution in [3.8, 4) is 5.75 Å². The highest BCUT2D eigenvalue weighted by Gasteiger charge is 2.12. The summed E-state index contributed by atoms with van der Waals surface area (Å²) in [5.41, 5.74) is 2.39. The molecule has 1 heterocycles. The summed E-state index contributed by atoms with van der Waals surface area (Å²) < 4.78 is 5.40. The fourth-order valence-electron chi connectivity index (χ4n) is 1.69. The highest BCUT2D eigenvalue weighted by Crippen LogP contribution is 2.26. The van der Waals surface area contributed by atoms with E-state index >= 15 is 0 Å². The molecule has 74 valence electrons. The quantitative estimate of drug-likeness (QED) is 0.735. The highest BCUT2D eigenvalue weighted by molar-refractivity contribution is 5.40. The van der Waals surface area contributed by atoms with E-state index in [-0.39, 0.29) is 0 Å². The maximum Gasteiger partial charge on any atom is 0.122 e. The molecule has 1 unspecified atom stereocenters. The lowest BCUT2D eigenvalue weighted by atomic mass is 10.0. The topological polar surface area (TPSA) is 29.5 Å². The van der Waals surface area contributed by atoms with Gasteiger partial charge in [-0.05, 0) is 17.2 Å². The van der Waals surface area contributed by atoms with Crippen molar-refractivity contribution < 1.29 is 9.84 Å². The zero-order valence-corrected chi connectivity index (χ0v) is 8.07. The zero-order valence-electron chi connectivity index (χ0n) is 8.07. The molecule has 0 fully saturated rings. The second-order valence-corrected chi connectivity index (χ2v) is 3.55. The van der Waals surface area contributed by atoms with Crippen molar-refractivity contribution in [3.63, 3.8) is 0 Å². The lowest BCUT2D eigenvalue weighted by Gasteiger charge is -2.06. The minimum atomic E-state index is -0.449. The van der Waals surface area contributed by atoms with Crippen molar-refractivity contribution in [2.45, 2.75) is 18.9 Å². The molecule has 0 saturated carbocycles. The summed E-state index contributed by atoms with van der Waals surface area (Å²) in [6.45, 7) is 4.34. The van der Waals surface area contributed by atoms with Crippen molar-refractivity contribution >= 4 is 0 Å². The Bertz CT molecular complexity index is 344. The van der Waals surface area contributed by atoms with Crippen LogP contribution in [0.15, 0.2) is 30.9 Å². The molecule has 0 radical (unpaired) electrons. The number of ether oxygens (including phenoxy) is 1. The Morgan fingerprint density at radius 2 is 2.43 bits per heavy atom. The van der Waals surface area contributed by atoms with Gasteiger partial charge >= 0.3 is 0 Å². The van der Waals surface area contributed by atoms with E-state index in [2.05, 4.69) is 12.6 Å². The van der Waals surface area contributed by atoms with E-state index in [9.17, 15) is 5.11 Å². The van der Waals surface area contributed by atoms with Gasteiger partial charge in [-0.3, -0.25) is 0 Å². The predicted molar refractivity (Wildman–Crippen MR) is 55.5 cm³/mol. The molecule has 0 aromatic heterocycles. The Morgan fingerprint density at radius 3 is 3.21 bits per heavy atom. The van der Waals surface area contributed by atoms with Crippen LogP contribution < -0.4 is 4.74 Å². The van der Waals surface area contributed by atoms with Gasteiger partial charge in [0.15, 0.2) is 0 Å². The van der Waals surface area contributed by atoms with Crippen LogP contribution in [0.4, 0.5) is 0 Å². The van der Waals surface area contributed by atoms with Crippen LogP contribution in [0.5, 0.6) is 5.75 Å². The molecule has 2 rings (SSSR count). The van der Waals surface area contributed by atoms with Gasteiger partial charge in [-0.2, -0.15) is 0 Å². The monoisotopic (exact) mass is 190 g/mol. The summed E-state index contributed by atoms with van der Waals surface area (Å²) in [5, 5.41) is 9.41. The first-order chi connectivity index (χ1) is 6.79. The lowest BCUT2D eigenvalue weighted by Crippen LogP contribution is -2.05. The molecule has 0 saturated heterocycles. The fourth-order valence-corrected chi connectivity index (χ4v) is 1.69. The van der Waals surface area contributed by atoms with Crippen LogP contribution in [-0.2, 0) is 12.8 Å². The molecule has 0 amide bonds. The van der Waals surface area contributed by atoms with E-state index in [1.807, 2.05) is 12.1 Å². The van der Waals surface area contributed by atoms with Crippen molar-refractivity contribution in [2.75, 3.05) is 6.61 Å². The molecule has 0 bridgehead atoms. The first-order valence-corrected chi connectivity index (χ1v) is 4.85. The Labute approximate surface area is 83.8 Å². The molecule has 0 spiro atoms. The van der Waals surface area contributed by atoms with E-state index in [0.717, 1.165) is 24.3 Å². The van der Waals surface area contributed by atoms with Gasteiger partial charge in [0.1, 0.15) is 5.75 Å². The number of benzene rings is 1. The molecule has 2 heteroatoms. The summed E-state index contributed by atoms with van der Waals surface area (Å²) in [6.07, 6.45) is 2.73. The van der Waals surface area contributed by atoms with Crippen LogP contribution in [0, 0.1) is 0 Å². The number of aliphatic hydroxyl groups excluding tert-OH is 1. The first kappa shape index (κ1) is 9.28. The van der Waals surface area contributed by atoms with Gasteiger partial charge < -0.3 is 9.84 Å². The van der Waals surface area contributed by atoms with Crippen molar-refractivity contribution in [2.24, 2.45) is 0 Å². The molecular weight excluding hydrogens is 176 g/mol. The number of hydrogen-bond donors (Lipinski definition) is 1. The molecular formula is C12H14O2. The third kappa shape index (κ3) is 1.80. The zero-order chi connectivity index (χ0) is 9.97. The summed E-state index contributed by atoms with van der Waals surface area (Å²) >= 11 is 0. The molecule has 0 aliphatic carbocycles. The van der Waals surface area contributed by atoms with E-state index in [1.54, 1.807) is 6.08 Å². The number of rotatable bonds is 3. The van der Waals surface area contributed by atoms with E-state index in [1.165, 1.54) is 5.56 Å². The second-order valence-electron chi connectivity index (χ2n) is 3.55. The van der Waals surface area contributed by atoms with E-state index < -0.39 is 6.10 Å². The van der Waals surface area contributed by atoms with Crippen LogP contribution in [0.2, 0.25) is 0 Å². The van der Waals surface area contributed by atoms with E-state index in [0.29, 0.717) is 6.42 Å². The van der Waals surface area contributed by atoms with Crippen molar-refractivity contribution in [1.82, 2.24) is 0 Å². The smallest absolute Gasteiger partial charge is 0.122 e. The maximum atomic E-state index is 9.41. The maximum absolute atomic E-state index is 9.41. The average Bonchev–Trinajstić information content (AvgIpc) is 2.64. The Kier molecular flexibility index (Phi) is 2.55. The van der Waals surface area contributed by atoms with Crippen molar-refractivity contribution in [1.29, 1.82) is 0 Å². The van der Waals surface area contributed by atoms with Crippen LogP contribution in [0.3, 0.4) is 0 Å². The van der Waals surface area contributed by atoms with Gasteiger partial charge in [-0.15, -0.1) is 6.58 Å². The van der Waals surface area contributed by atoms with Crippen LogP contribution in [0.25, 0.3) is 0 Å². The summed E-state index contributed by atoms with van der Waals surface area (Å²) in [6, 6.07) is 6.08. The number of fused-ring (bicyclic) bond motifs is 1. The molecule has 14 heavy (non-hydrogen) atoms. The minimum absolute atomic E-state index is 0.449. The normalized spacial score (nSPS) is 15.8. The third-order valence-corrected chi connectivity index (χ3v) is 2.47. The number of hydrogen-bond acceptors (Lipinski definition) is 2. The SMILES string of the molecule is C=CC(O)Cc1ccc2c(c1)CCO2. The van der Waals surface area contributed by atoms with Gasteiger partial charge in [-0.25, -0.2) is 0 Å². The summed E-state index contributed by atoms with van der Waals surface area (Å²) in [4.78, 5) is 0. The largest absolute Gasteiger partial charge is 0.493 e. The molecule has 1 aliphatic heterocycles. The Morgan fingerprint density at radius 1 is 1.57 bits per heavy atom. The van der Waals surface area contributed by atoms with Gasteiger partial charge in [-0.1, -0.05) is 18.2 Å². The Hall–Kier alpha value is -1.28. The standard InChI is InChI=1S/C12H14O2/c1-2-11(13)8-9-3-4-12-10(7-9)5-6-14-12/h2-4,7,11,13H,1,5-6,8H2. The fraction of sp³-hybridized carbons (Fsp3) is 0.333. The van der Waals surface area contributed by atoms with Gasteiger partial charge in [0, 0.05) is 12.8 Å². The highest BCUT2D eigenvalue weighted by atomic mass is 16.5. The van der Waals surface area contributed by atoms with Crippen molar-refractivity contribution in [3.05, 3.63) is 42.0 Å². The number of aliphatic hydroxyl groups is 1.